The molecular weight excluding hydrogens is 572 g/mol. The molecule has 4 N–H and O–H groups in total. The summed E-state index contributed by atoms with van der Waals surface area (Å²) in [6.45, 7) is 12.4. The molecule has 0 aliphatic carbocycles. The number of rotatable bonds is 11. The van der Waals surface area contributed by atoms with Crippen molar-refractivity contribution >= 4 is 30.2 Å². The Morgan fingerprint density at radius 2 is 1.57 bits per heavy atom. The Labute approximate surface area is 259 Å². The Bertz CT molecular complexity index is 1150. The number of nitrogens with one attached hydrogen (secondary N) is 3. The number of amides is 4. The lowest BCUT2D eigenvalue weighted by atomic mass is 9.83. The number of hydrogen-bond donors (Lipinski definition) is 4. The van der Waals surface area contributed by atoms with Gasteiger partial charge in [-0.15, -0.1) is 0 Å². The van der Waals surface area contributed by atoms with Crippen molar-refractivity contribution in [3.8, 4) is 0 Å². The van der Waals surface area contributed by atoms with Crippen molar-refractivity contribution in [3.05, 3.63) is 35.9 Å². The zero-order valence-electron chi connectivity index (χ0n) is 26.9. The summed E-state index contributed by atoms with van der Waals surface area (Å²) < 4.78 is 15.8. The van der Waals surface area contributed by atoms with E-state index in [0.717, 1.165) is 5.56 Å². The molecule has 3 atom stereocenters. The topological polar surface area (TPSA) is 173 Å². The Balaban J connectivity index is 2.07. The molecule has 1 aliphatic rings. The lowest BCUT2D eigenvalue weighted by molar-refractivity contribution is -0.151. The number of carboxylic acids is 1. The Kier molecular flexibility index (Phi) is 12.8. The Morgan fingerprint density at radius 1 is 0.955 bits per heavy atom. The third-order valence-electron chi connectivity index (χ3n) is 6.78. The Morgan fingerprint density at radius 3 is 2.14 bits per heavy atom. The van der Waals surface area contributed by atoms with Gasteiger partial charge in [-0.25, -0.2) is 19.2 Å². The average molecular weight is 621 g/mol. The van der Waals surface area contributed by atoms with Crippen molar-refractivity contribution in [1.82, 2.24) is 20.9 Å². The van der Waals surface area contributed by atoms with E-state index in [1.807, 2.05) is 30.3 Å². The first-order valence-corrected chi connectivity index (χ1v) is 14.9. The van der Waals surface area contributed by atoms with Crippen molar-refractivity contribution in [1.29, 1.82) is 0 Å². The van der Waals surface area contributed by atoms with Crippen molar-refractivity contribution in [3.63, 3.8) is 0 Å². The maximum atomic E-state index is 13.7. The first kappa shape index (κ1) is 36.2. The molecule has 44 heavy (non-hydrogen) atoms. The second-order valence-electron chi connectivity index (χ2n) is 13.0. The highest BCUT2D eigenvalue weighted by atomic mass is 16.6. The van der Waals surface area contributed by atoms with Gasteiger partial charge in [-0.05, 0) is 79.7 Å². The summed E-state index contributed by atoms with van der Waals surface area (Å²) in [7, 11) is 0. The zero-order chi connectivity index (χ0) is 33.1. The maximum absolute atomic E-state index is 13.7. The van der Waals surface area contributed by atoms with Gasteiger partial charge in [0.05, 0.1) is 0 Å². The zero-order valence-corrected chi connectivity index (χ0v) is 26.9. The van der Waals surface area contributed by atoms with Gasteiger partial charge in [0, 0.05) is 25.6 Å². The van der Waals surface area contributed by atoms with Gasteiger partial charge < -0.3 is 40.2 Å². The molecule has 1 heterocycles. The van der Waals surface area contributed by atoms with E-state index >= 15 is 0 Å². The van der Waals surface area contributed by atoms with Crippen LogP contribution in [0.5, 0.6) is 0 Å². The number of carbonyl (C=O) groups is 5. The first-order chi connectivity index (χ1) is 20.4. The number of nitrogens with zero attached hydrogens (tertiary/aromatic N) is 1. The van der Waals surface area contributed by atoms with Crippen LogP contribution < -0.4 is 16.0 Å². The smallest absolute Gasteiger partial charge is 0.408 e. The number of unbranched alkanes of at least 4 members (excludes halogenated alkanes) is 1. The minimum absolute atomic E-state index is 0.0188. The van der Waals surface area contributed by atoms with Gasteiger partial charge in [0.15, 0.2) is 0 Å². The SMILES string of the molecule is CC1CC(NC(=O)OC(C)(C)C)(C(=O)O)CCN1C(=O)[C@@H](CCCCNC(=O)OC(C)(C)C)NC(=O)OCc1ccccc1. The molecule has 1 aromatic rings. The lowest BCUT2D eigenvalue weighted by Crippen LogP contribution is -2.64. The molecule has 246 valence electrons. The van der Waals surface area contributed by atoms with E-state index in [9.17, 15) is 29.1 Å². The third kappa shape index (κ3) is 12.3. The summed E-state index contributed by atoms with van der Waals surface area (Å²) in [5.74, 6) is -1.62. The summed E-state index contributed by atoms with van der Waals surface area (Å²) in [4.78, 5) is 64.7. The molecule has 1 aliphatic heterocycles. The second-order valence-corrected chi connectivity index (χ2v) is 13.0. The molecule has 0 aromatic heterocycles. The van der Waals surface area contributed by atoms with Gasteiger partial charge in [-0.3, -0.25) is 4.79 Å². The van der Waals surface area contributed by atoms with Gasteiger partial charge >= 0.3 is 24.2 Å². The molecule has 0 saturated carbocycles. The highest BCUT2D eigenvalue weighted by Crippen LogP contribution is 2.29. The molecule has 0 radical (unpaired) electrons. The van der Waals surface area contributed by atoms with Crippen molar-refractivity contribution in [2.24, 2.45) is 0 Å². The monoisotopic (exact) mass is 620 g/mol. The second kappa shape index (κ2) is 15.6. The lowest BCUT2D eigenvalue weighted by Gasteiger charge is -2.44. The quantitative estimate of drug-likeness (QED) is 0.207. The fourth-order valence-electron chi connectivity index (χ4n) is 4.78. The fourth-order valence-corrected chi connectivity index (χ4v) is 4.78. The summed E-state index contributed by atoms with van der Waals surface area (Å²) in [5.41, 5.74) is -2.28. The number of hydrogen-bond acceptors (Lipinski definition) is 8. The summed E-state index contributed by atoms with van der Waals surface area (Å²) in [5, 5.41) is 17.9. The Hall–Kier alpha value is -4.03. The highest BCUT2D eigenvalue weighted by Gasteiger charge is 2.48. The third-order valence-corrected chi connectivity index (χ3v) is 6.78. The molecule has 0 bridgehead atoms. The average Bonchev–Trinajstić information content (AvgIpc) is 2.89. The number of piperidine rings is 1. The van der Waals surface area contributed by atoms with Crippen LogP contribution in [-0.2, 0) is 30.4 Å². The van der Waals surface area contributed by atoms with Gasteiger partial charge in [0.25, 0.3) is 0 Å². The van der Waals surface area contributed by atoms with Gasteiger partial charge in [-0.1, -0.05) is 30.3 Å². The van der Waals surface area contributed by atoms with Crippen LogP contribution in [0.4, 0.5) is 14.4 Å². The van der Waals surface area contributed by atoms with Gasteiger partial charge in [-0.2, -0.15) is 0 Å². The predicted molar refractivity (Wildman–Crippen MR) is 162 cm³/mol. The predicted octanol–water partition coefficient (Wildman–Crippen LogP) is 4.34. The van der Waals surface area contributed by atoms with Crippen molar-refractivity contribution < 1.29 is 43.3 Å². The number of aliphatic carboxylic acids is 1. The number of ether oxygens (including phenoxy) is 3. The number of likely N-dealkylation sites (tertiary alicyclic amines) is 1. The molecule has 1 fully saturated rings. The molecule has 1 aromatic carbocycles. The van der Waals surface area contributed by atoms with E-state index in [1.165, 1.54) is 4.90 Å². The first-order valence-electron chi connectivity index (χ1n) is 14.9. The minimum Gasteiger partial charge on any atom is -0.480 e. The summed E-state index contributed by atoms with van der Waals surface area (Å²) in [6.07, 6.45) is -1.03. The van der Waals surface area contributed by atoms with Crippen LogP contribution in [0.3, 0.4) is 0 Å². The van der Waals surface area contributed by atoms with Gasteiger partial charge in [0.2, 0.25) is 5.91 Å². The number of benzene rings is 1. The number of carboxylic acid groups (broad SMARTS) is 1. The number of carbonyl (C=O) groups excluding carboxylic acids is 4. The molecule has 2 rings (SSSR count). The normalized spacial score (nSPS) is 19.2. The van der Waals surface area contributed by atoms with E-state index < -0.39 is 59.0 Å². The van der Waals surface area contributed by atoms with Crippen LogP contribution in [0.15, 0.2) is 30.3 Å². The molecule has 1 saturated heterocycles. The van der Waals surface area contributed by atoms with Crippen LogP contribution >= 0.6 is 0 Å². The number of alkyl carbamates (subject to hydrolysis) is 3. The van der Waals surface area contributed by atoms with E-state index in [2.05, 4.69) is 16.0 Å². The van der Waals surface area contributed by atoms with E-state index in [1.54, 1.807) is 48.5 Å². The fraction of sp³-hybridized carbons (Fsp3) is 0.645. The molecule has 13 heteroatoms. The van der Waals surface area contributed by atoms with Crippen LogP contribution in [0.25, 0.3) is 0 Å². The standard InChI is InChI=1S/C31H48N4O9/c1-21-19-31(25(37)38,34-28(41)44-30(5,6)7)16-18-35(21)24(36)23(15-11-12-17-32-26(39)43-29(2,3)4)33-27(40)42-20-22-13-9-8-10-14-22/h8-10,13-14,21,23H,11-12,15-20H2,1-7H3,(H,32,39)(H,33,40)(H,34,41)(H,37,38)/t21?,23-,31?/m1/s1. The van der Waals surface area contributed by atoms with Crippen LogP contribution in [0.1, 0.15) is 86.1 Å². The van der Waals surface area contributed by atoms with E-state index in [4.69, 9.17) is 14.2 Å². The molecule has 0 spiro atoms. The molecular formula is C31H48N4O9. The van der Waals surface area contributed by atoms with Crippen LogP contribution in [0.2, 0.25) is 0 Å². The molecule has 13 nitrogen and oxygen atoms in total. The molecule has 4 amide bonds. The minimum atomic E-state index is -1.62. The molecule has 2 unspecified atom stereocenters. The summed E-state index contributed by atoms with van der Waals surface area (Å²) in [6, 6.07) is 7.56. The largest absolute Gasteiger partial charge is 0.480 e. The van der Waals surface area contributed by atoms with Gasteiger partial charge in [0.1, 0.15) is 29.4 Å². The van der Waals surface area contributed by atoms with Crippen molar-refractivity contribution in [2.45, 2.75) is 116 Å². The van der Waals surface area contributed by atoms with Crippen molar-refractivity contribution in [2.75, 3.05) is 13.1 Å². The highest BCUT2D eigenvalue weighted by molar-refractivity contribution is 5.88. The van der Waals surface area contributed by atoms with E-state index in [-0.39, 0.29) is 32.4 Å². The van der Waals surface area contributed by atoms with Crippen LogP contribution in [-0.4, -0.2) is 82.1 Å². The van der Waals surface area contributed by atoms with Crippen LogP contribution in [0, 0.1) is 0 Å². The maximum Gasteiger partial charge on any atom is 0.408 e. The summed E-state index contributed by atoms with van der Waals surface area (Å²) >= 11 is 0. The van der Waals surface area contributed by atoms with E-state index in [0.29, 0.717) is 19.4 Å².